The van der Waals surface area contributed by atoms with Crippen LogP contribution >= 0.6 is 0 Å². The van der Waals surface area contributed by atoms with E-state index < -0.39 is 21.6 Å². The van der Waals surface area contributed by atoms with Gasteiger partial charge in [-0.1, -0.05) is 31.7 Å². The van der Waals surface area contributed by atoms with Crippen LogP contribution in [0.1, 0.15) is 49.8 Å². The van der Waals surface area contributed by atoms with Crippen molar-refractivity contribution in [1.29, 1.82) is 0 Å². The van der Waals surface area contributed by atoms with Gasteiger partial charge in [0.05, 0.1) is 24.1 Å². The normalized spacial score (nSPS) is 20.3. The van der Waals surface area contributed by atoms with Crippen molar-refractivity contribution in [2.24, 2.45) is 5.92 Å². The summed E-state index contributed by atoms with van der Waals surface area (Å²) in [6.45, 7) is -0.216. The number of aromatic nitrogens is 3. The van der Waals surface area contributed by atoms with Crippen molar-refractivity contribution >= 4 is 26.6 Å². The molecule has 2 aliphatic rings. The summed E-state index contributed by atoms with van der Waals surface area (Å²) >= 11 is 0. The number of hydrogen-bond acceptors (Lipinski definition) is 5. The van der Waals surface area contributed by atoms with Crippen LogP contribution < -0.4 is 4.90 Å². The Bertz CT molecular complexity index is 1270. The Kier molecular flexibility index (Phi) is 6.47. The molecule has 0 saturated heterocycles. The minimum absolute atomic E-state index is 0.237. The van der Waals surface area contributed by atoms with Crippen molar-refractivity contribution in [1.82, 2.24) is 19.3 Å². The molecule has 1 aliphatic heterocycles. The second-order valence-corrected chi connectivity index (χ2v) is 11.4. The summed E-state index contributed by atoms with van der Waals surface area (Å²) < 4.78 is 67.2. The highest BCUT2D eigenvalue weighted by atomic mass is 32.2. The zero-order chi connectivity index (χ0) is 24.6. The van der Waals surface area contributed by atoms with Gasteiger partial charge in [-0.25, -0.2) is 13.4 Å². The highest BCUT2D eigenvalue weighted by molar-refractivity contribution is 7.89. The van der Waals surface area contributed by atoms with Crippen molar-refractivity contribution < 1.29 is 21.6 Å². The Labute approximate surface area is 202 Å². The minimum atomic E-state index is -5.52. The average Bonchev–Trinajstić information content (AvgIpc) is 3.51. The zero-order valence-electron chi connectivity index (χ0n) is 19.2. The fraction of sp³-hybridized carbons (Fsp3) is 0.500. The number of alkyl halides is 3. The summed E-state index contributed by atoms with van der Waals surface area (Å²) in [5.74, 6) is 0.528. The third-order valence-electron chi connectivity index (χ3n) is 7.28. The molecule has 0 spiro atoms. The molecule has 1 fully saturated rings. The van der Waals surface area contributed by atoms with Gasteiger partial charge >= 0.3 is 15.5 Å². The first-order valence-corrected chi connectivity index (χ1v) is 13.3. The van der Waals surface area contributed by atoms with E-state index in [9.17, 15) is 21.6 Å². The number of nitrogens with one attached hydrogen (secondary N) is 1. The van der Waals surface area contributed by atoms with Crippen LogP contribution in [0.4, 0.5) is 18.9 Å². The zero-order valence-corrected chi connectivity index (χ0v) is 20.0. The van der Waals surface area contributed by atoms with E-state index in [2.05, 4.69) is 19.9 Å². The number of halogens is 3. The summed E-state index contributed by atoms with van der Waals surface area (Å²) in [5, 5.41) is 0.651. The molecule has 0 radical (unpaired) electrons. The number of sulfonamides is 1. The molecule has 35 heavy (non-hydrogen) atoms. The van der Waals surface area contributed by atoms with E-state index in [0.717, 1.165) is 30.6 Å². The van der Waals surface area contributed by atoms with Crippen LogP contribution in [0.5, 0.6) is 0 Å². The molecule has 7 nitrogen and oxygen atoms in total. The topological polar surface area (TPSA) is 82.2 Å². The third kappa shape index (κ3) is 4.75. The maximum Gasteiger partial charge on any atom is 0.511 e. The summed E-state index contributed by atoms with van der Waals surface area (Å²) in [4.78, 5) is 13.6. The smallest absolute Gasteiger partial charge is 0.361 e. The van der Waals surface area contributed by atoms with Gasteiger partial charge in [0.1, 0.15) is 0 Å². The molecule has 1 atom stereocenters. The quantitative estimate of drug-likeness (QED) is 0.510. The van der Waals surface area contributed by atoms with Crippen molar-refractivity contribution in [3.05, 3.63) is 54.2 Å². The number of fused-ring (bicyclic) bond motifs is 3. The van der Waals surface area contributed by atoms with Crippen molar-refractivity contribution in [3.8, 4) is 0 Å². The van der Waals surface area contributed by atoms with Crippen molar-refractivity contribution in [2.75, 3.05) is 11.4 Å². The molecule has 11 heteroatoms. The number of nitrogens with zero attached hydrogens (tertiary/aromatic N) is 4. The highest BCUT2D eigenvalue weighted by Gasteiger charge is 2.51. The fourth-order valence-electron chi connectivity index (χ4n) is 5.48. The lowest BCUT2D eigenvalue weighted by molar-refractivity contribution is -0.0492. The van der Waals surface area contributed by atoms with Gasteiger partial charge in [0.15, 0.2) is 0 Å². The van der Waals surface area contributed by atoms with E-state index >= 15 is 0 Å². The average molecular weight is 508 g/mol. The standard InChI is InChI=1S/C24H28F3N5O2S/c25-24(26,27)35(33,34)31-14-19(8-7-17-4-1-2-5-17)32(13-18-12-28-16-30-18)23-10-9-22-20(21(23)15-31)6-3-11-29-22/h3,6,9-12,16-17,19H,1-2,4-5,7-8,13-15H2,(H,28,30)/t19-/m0/s1. The van der Waals surface area contributed by atoms with E-state index in [-0.39, 0.29) is 13.1 Å². The third-order valence-corrected chi connectivity index (χ3v) is 8.82. The monoisotopic (exact) mass is 507 g/mol. The SMILES string of the molecule is O=S(=O)(N1Cc2c(ccc3ncccc23)N(Cc2cnc[nH]2)[C@@H](CCC2CCCC2)C1)C(F)(F)F. The Hall–Kier alpha value is -2.66. The van der Waals surface area contributed by atoms with E-state index in [0.29, 0.717) is 39.7 Å². The van der Waals surface area contributed by atoms with Gasteiger partial charge in [-0.3, -0.25) is 4.98 Å². The van der Waals surface area contributed by atoms with Crippen LogP contribution in [-0.4, -0.2) is 45.8 Å². The minimum Gasteiger partial charge on any atom is -0.361 e. The number of rotatable bonds is 6. The Morgan fingerprint density at radius 1 is 1.11 bits per heavy atom. The van der Waals surface area contributed by atoms with Gasteiger partial charge in [-0.05, 0) is 37.0 Å². The molecule has 5 rings (SSSR count). The number of aromatic amines is 1. The van der Waals surface area contributed by atoms with Crippen LogP contribution in [0.15, 0.2) is 43.0 Å². The van der Waals surface area contributed by atoms with Crippen LogP contribution in [0, 0.1) is 5.92 Å². The first-order chi connectivity index (χ1) is 16.7. The Morgan fingerprint density at radius 3 is 2.63 bits per heavy atom. The molecular formula is C24H28F3N5O2S. The first-order valence-electron chi connectivity index (χ1n) is 11.9. The van der Waals surface area contributed by atoms with Crippen LogP contribution in [0.3, 0.4) is 0 Å². The summed E-state index contributed by atoms with van der Waals surface area (Å²) in [5.41, 5.74) is -2.69. The molecule has 1 aromatic carbocycles. The number of imidazole rings is 1. The molecule has 188 valence electrons. The van der Waals surface area contributed by atoms with Crippen LogP contribution in [-0.2, 0) is 23.1 Å². The second-order valence-electron chi connectivity index (χ2n) is 9.46. The van der Waals surface area contributed by atoms with E-state index in [1.165, 1.54) is 12.8 Å². The molecule has 1 saturated carbocycles. The number of anilines is 1. The lowest BCUT2D eigenvalue weighted by atomic mass is 9.97. The molecule has 0 amide bonds. The molecule has 0 bridgehead atoms. The lowest BCUT2D eigenvalue weighted by Crippen LogP contribution is -2.47. The van der Waals surface area contributed by atoms with Crippen LogP contribution in [0.25, 0.3) is 10.9 Å². The first kappa shape index (κ1) is 24.1. The van der Waals surface area contributed by atoms with Gasteiger partial charge in [0, 0.05) is 48.2 Å². The van der Waals surface area contributed by atoms with Gasteiger partial charge < -0.3 is 9.88 Å². The summed E-state index contributed by atoms with van der Waals surface area (Å²) in [7, 11) is -5.52. The van der Waals surface area contributed by atoms with Crippen molar-refractivity contribution in [2.45, 2.75) is 63.2 Å². The summed E-state index contributed by atoms with van der Waals surface area (Å²) in [6.07, 6.45) is 10.9. The van der Waals surface area contributed by atoms with E-state index in [4.69, 9.17) is 0 Å². The predicted molar refractivity (Wildman–Crippen MR) is 127 cm³/mol. The number of pyridine rings is 1. The second kappa shape index (κ2) is 9.42. The molecule has 3 aromatic rings. The number of H-pyrrole nitrogens is 1. The molecular weight excluding hydrogens is 479 g/mol. The maximum atomic E-state index is 13.7. The molecule has 1 aliphatic carbocycles. The molecule has 3 heterocycles. The van der Waals surface area contributed by atoms with E-state index in [1.54, 1.807) is 30.9 Å². The van der Waals surface area contributed by atoms with E-state index in [1.807, 2.05) is 12.1 Å². The van der Waals surface area contributed by atoms with Gasteiger partial charge in [0.2, 0.25) is 0 Å². The highest BCUT2D eigenvalue weighted by Crippen LogP contribution is 2.39. The van der Waals surface area contributed by atoms with Gasteiger partial charge in [-0.2, -0.15) is 17.5 Å². The largest absolute Gasteiger partial charge is 0.511 e. The van der Waals surface area contributed by atoms with Crippen LogP contribution in [0.2, 0.25) is 0 Å². The van der Waals surface area contributed by atoms with Gasteiger partial charge in [0.25, 0.3) is 0 Å². The molecule has 2 aromatic heterocycles. The number of benzene rings is 1. The van der Waals surface area contributed by atoms with Crippen molar-refractivity contribution in [3.63, 3.8) is 0 Å². The lowest BCUT2D eigenvalue weighted by Gasteiger charge is -2.34. The van der Waals surface area contributed by atoms with Gasteiger partial charge in [-0.15, -0.1) is 0 Å². The summed E-state index contributed by atoms with van der Waals surface area (Å²) in [6, 6.07) is 6.77. The Balaban J connectivity index is 1.62. The molecule has 1 N–H and O–H groups in total. The fourth-order valence-corrected chi connectivity index (χ4v) is 6.44. The maximum absolute atomic E-state index is 13.7. The molecule has 0 unspecified atom stereocenters. The Morgan fingerprint density at radius 2 is 1.91 bits per heavy atom. The number of hydrogen-bond donors (Lipinski definition) is 1. The predicted octanol–water partition coefficient (Wildman–Crippen LogP) is 4.97.